The van der Waals surface area contributed by atoms with Crippen molar-refractivity contribution in [2.75, 3.05) is 18.0 Å². The molecule has 1 saturated heterocycles. The van der Waals surface area contributed by atoms with Gasteiger partial charge in [-0.2, -0.15) is 0 Å². The number of piperidine rings is 1. The molecule has 5 nitrogen and oxygen atoms in total. The number of anilines is 1. The van der Waals surface area contributed by atoms with Gasteiger partial charge in [0, 0.05) is 24.8 Å². The van der Waals surface area contributed by atoms with Crippen molar-refractivity contribution in [3.05, 3.63) is 33.9 Å². The maximum Gasteiger partial charge on any atom is 0.282 e. The molecule has 1 aliphatic heterocycles. The van der Waals surface area contributed by atoms with Crippen LogP contribution in [0.1, 0.15) is 37.6 Å². The van der Waals surface area contributed by atoms with Gasteiger partial charge in [0.15, 0.2) is 5.78 Å². The molecule has 2 rings (SSSR count). The highest BCUT2D eigenvalue weighted by Gasteiger charge is 2.25. The van der Waals surface area contributed by atoms with Crippen LogP contribution in [-0.4, -0.2) is 23.8 Å². The minimum absolute atomic E-state index is 0.0960. The molecule has 0 radical (unpaired) electrons. The number of nitrogens with zero attached hydrogens (tertiary/aromatic N) is 2. The second-order valence-electron chi connectivity index (χ2n) is 5.70. The van der Waals surface area contributed by atoms with Gasteiger partial charge in [-0.3, -0.25) is 14.9 Å². The van der Waals surface area contributed by atoms with Crippen LogP contribution >= 0.6 is 0 Å². The van der Waals surface area contributed by atoms with Crippen LogP contribution in [0.25, 0.3) is 0 Å². The van der Waals surface area contributed by atoms with Gasteiger partial charge in [0.25, 0.3) is 5.69 Å². The third-order valence-electron chi connectivity index (χ3n) is 4.26. The number of ketones is 1. The van der Waals surface area contributed by atoms with Gasteiger partial charge in [0.2, 0.25) is 0 Å². The Morgan fingerprint density at radius 2 is 2.05 bits per heavy atom. The average molecular weight is 276 g/mol. The first-order valence-electron chi connectivity index (χ1n) is 6.94. The van der Waals surface area contributed by atoms with Crippen LogP contribution in [-0.2, 0) is 0 Å². The maximum absolute atomic E-state index is 11.4. The molecule has 0 aliphatic carbocycles. The van der Waals surface area contributed by atoms with Gasteiger partial charge in [-0.25, -0.2) is 0 Å². The number of nitro benzene ring substituents is 1. The zero-order valence-electron chi connectivity index (χ0n) is 12.1. The fourth-order valence-corrected chi connectivity index (χ4v) is 2.66. The second-order valence-corrected chi connectivity index (χ2v) is 5.70. The van der Waals surface area contributed by atoms with Gasteiger partial charge in [-0.15, -0.1) is 0 Å². The van der Waals surface area contributed by atoms with Crippen LogP contribution in [0.15, 0.2) is 18.2 Å². The minimum Gasteiger partial charge on any atom is -0.371 e. The predicted molar refractivity (Wildman–Crippen MR) is 78.3 cm³/mol. The van der Waals surface area contributed by atoms with Crippen molar-refractivity contribution in [2.24, 2.45) is 11.8 Å². The highest BCUT2D eigenvalue weighted by molar-refractivity contribution is 5.98. The van der Waals surface area contributed by atoms with Crippen LogP contribution in [0.3, 0.4) is 0 Å². The Labute approximate surface area is 118 Å². The molecule has 1 aromatic rings. The van der Waals surface area contributed by atoms with Crippen molar-refractivity contribution in [3.63, 3.8) is 0 Å². The third-order valence-corrected chi connectivity index (χ3v) is 4.26. The summed E-state index contributed by atoms with van der Waals surface area (Å²) < 4.78 is 0. The van der Waals surface area contributed by atoms with Gasteiger partial charge in [-0.1, -0.05) is 13.8 Å². The first-order valence-corrected chi connectivity index (χ1v) is 6.94. The lowest BCUT2D eigenvalue weighted by atomic mass is 9.88. The second kappa shape index (κ2) is 5.61. The predicted octanol–water partition coefficient (Wildman–Crippen LogP) is 3.28. The zero-order valence-corrected chi connectivity index (χ0v) is 12.1. The summed E-state index contributed by atoms with van der Waals surface area (Å²) in [5.74, 6) is 0.969. The number of rotatable bonds is 3. The summed E-state index contributed by atoms with van der Waals surface area (Å²) in [4.78, 5) is 24.2. The van der Waals surface area contributed by atoms with Gasteiger partial charge in [0.05, 0.1) is 10.5 Å². The van der Waals surface area contributed by atoms with Crippen molar-refractivity contribution in [3.8, 4) is 0 Å². The molecule has 0 N–H and O–H groups in total. The summed E-state index contributed by atoms with van der Waals surface area (Å²) >= 11 is 0. The summed E-state index contributed by atoms with van der Waals surface area (Å²) in [6, 6.07) is 4.91. The summed E-state index contributed by atoms with van der Waals surface area (Å²) in [5, 5.41) is 11.1. The Bertz CT molecular complexity index is 542. The summed E-state index contributed by atoms with van der Waals surface area (Å²) in [6.07, 6.45) is 1.09. The molecule has 1 aromatic carbocycles. The average Bonchev–Trinajstić information content (AvgIpc) is 2.41. The molecule has 108 valence electrons. The Morgan fingerprint density at radius 1 is 1.35 bits per heavy atom. The molecule has 5 heteroatoms. The highest BCUT2D eigenvalue weighted by Crippen LogP contribution is 2.30. The van der Waals surface area contributed by atoms with E-state index >= 15 is 0 Å². The molecule has 0 bridgehead atoms. The Kier molecular flexibility index (Phi) is 4.06. The normalized spacial score (nSPS) is 22.6. The largest absolute Gasteiger partial charge is 0.371 e. The van der Waals surface area contributed by atoms with Gasteiger partial charge in [0.1, 0.15) is 0 Å². The summed E-state index contributed by atoms with van der Waals surface area (Å²) in [7, 11) is 0. The molecule has 0 amide bonds. The fourth-order valence-electron chi connectivity index (χ4n) is 2.66. The van der Waals surface area contributed by atoms with Crippen LogP contribution in [0, 0.1) is 22.0 Å². The molecule has 1 heterocycles. The number of Topliss-reactive ketones (excluding diaryl/α,β-unsaturated/α-hetero) is 1. The monoisotopic (exact) mass is 276 g/mol. The van der Waals surface area contributed by atoms with E-state index in [4.69, 9.17) is 0 Å². The fraction of sp³-hybridized carbons (Fsp3) is 0.533. The van der Waals surface area contributed by atoms with Gasteiger partial charge >= 0.3 is 0 Å². The Morgan fingerprint density at radius 3 is 2.60 bits per heavy atom. The van der Waals surface area contributed by atoms with E-state index in [1.807, 2.05) is 6.07 Å². The number of nitro groups is 1. The topological polar surface area (TPSA) is 63.5 Å². The number of carbonyl (C=O) groups excluding carboxylic acids is 1. The van der Waals surface area contributed by atoms with Crippen molar-refractivity contribution < 1.29 is 9.72 Å². The quantitative estimate of drug-likeness (QED) is 0.483. The molecule has 1 fully saturated rings. The lowest BCUT2D eigenvalue weighted by Crippen LogP contribution is -2.38. The van der Waals surface area contributed by atoms with E-state index < -0.39 is 4.92 Å². The smallest absolute Gasteiger partial charge is 0.282 e. The molecule has 0 aromatic heterocycles. The van der Waals surface area contributed by atoms with E-state index in [1.54, 1.807) is 6.07 Å². The van der Waals surface area contributed by atoms with E-state index in [-0.39, 0.29) is 17.0 Å². The van der Waals surface area contributed by atoms with E-state index in [0.29, 0.717) is 11.8 Å². The SMILES string of the molecule is CC(=O)c1ccc(N2CCC(C)C(C)C2)cc1[N+](=O)[O-]. The molecular weight excluding hydrogens is 256 g/mol. The van der Waals surface area contributed by atoms with Crippen molar-refractivity contribution >= 4 is 17.2 Å². The number of hydrogen-bond donors (Lipinski definition) is 0. The molecule has 0 spiro atoms. The molecular formula is C15H20N2O3. The lowest BCUT2D eigenvalue weighted by molar-refractivity contribution is -0.385. The first-order chi connectivity index (χ1) is 9.40. The third kappa shape index (κ3) is 2.81. The zero-order chi connectivity index (χ0) is 14.9. The summed E-state index contributed by atoms with van der Waals surface area (Å²) in [6.45, 7) is 7.60. The maximum atomic E-state index is 11.4. The molecule has 2 atom stereocenters. The highest BCUT2D eigenvalue weighted by atomic mass is 16.6. The Hall–Kier alpha value is -1.91. The molecule has 1 aliphatic rings. The van der Waals surface area contributed by atoms with Crippen LogP contribution in [0.2, 0.25) is 0 Å². The lowest BCUT2D eigenvalue weighted by Gasteiger charge is -2.36. The number of hydrogen-bond acceptors (Lipinski definition) is 4. The number of carbonyl (C=O) groups is 1. The summed E-state index contributed by atoms with van der Waals surface area (Å²) in [5.41, 5.74) is 0.916. The van der Waals surface area contributed by atoms with E-state index in [0.717, 1.165) is 25.2 Å². The minimum atomic E-state index is -0.476. The van der Waals surface area contributed by atoms with E-state index in [2.05, 4.69) is 18.7 Å². The Balaban J connectivity index is 2.32. The van der Waals surface area contributed by atoms with Crippen LogP contribution in [0.4, 0.5) is 11.4 Å². The van der Waals surface area contributed by atoms with Crippen molar-refractivity contribution in [1.29, 1.82) is 0 Å². The van der Waals surface area contributed by atoms with Crippen LogP contribution in [0.5, 0.6) is 0 Å². The van der Waals surface area contributed by atoms with Crippen LogP contribution < -0.4 is 4.90 Å². The van der Waals surface area contributed by atoms with Gasteiger partial charge in [-0.05, 0) is 37.3 Å². The molecule has 0 saturated carbocycles. The standard InChI is InChI=1S/C15H20N2O3/c1-10-6-7-16(9-11(10)2)13-4-5-14(12(3)18)15(8-13)17(19)20/h4-5,8,10-11H,6-7,9H2,1-3H3. The first kappa shape index (κ1) is 14.5. The molecule has 20 heavy (non-hydrogen) atoms. The van der Waals surface area contributed by atoms with Gasteiger partial charge < -0.3 is 4.90 Å². The van der Waals surface area contributed by atoms with E-state index in [9.17, 15) is 14.9 Å². The van der Waals surface area contributed by atoms with E-state index in [1.165, 1.54) is 13.0 Å². The van der Waals surface area contributed by atoms with Crippen molar-refractivity contribution in [2.45, 2.75) is 27.2 Å². The number of benzene rings is 1. The van der Waals surface area contributed by atoms with Crippen molar-refractivity contribution in [1.82, 2.24) is 0 Å². The molecule has 2 unspecified atom stereocenters.